The molecular formula is C22H19ClO4S. The van der Waals surface area contributed by atoms with Crippen LogP contribution in [0.5, 0.6) is 5.75 Å². The molecule has 28 heavy (non-hydrogen) atoms. The summed E-state index contributed by atoms with van der Waals surface area (Å²) in [5.41, 5.74) is 4.36. The molecule has 1 atom stereocenters. The SMILES string of the molecule is Cc1ccc(S(=O)(=O)O)c(CC2Cc3cccc(-c4ccccc4Cl)c3O2)c1. The van der Waals surface area contributed by atoms with Crippen molar-refractivity contribution in [1.29, 1.82) is 0 Å². The van der Waals surface area contributed by atoms with Crippen LogP contribution in [0.15, 0.2) is 65.6 Å². The van der Waals surface area contributed by atoms with Gasteiger partial charge in [0.05, 0.1) is 4.90 Å². The minimum absolute atomic E-state index is 0.0658. The first-order chi connectivity index (χ1) is 13.3. The normalized spacial score (nSPS) is 15.9. The fourth-order valence-electron chi connectivity index (χ4n) is 3.71. The molecule has 1 N–H and O–H groups in total. The summed E-state index contributed by atoms with van der Waals surface area (Å²) >= 11 is 6.36. The van der Waals surface area contributed by atoms with E-state index < -0.39 is 10.1 Å². The highest BCUT2D eigenvalue weighted by Gasteiger charge is 2.28. The molecular weight excluding hydrogens is 396 g/mol. The second kappa shape index (κ2) is 7.24. The lowest BCUT2D eigenvalue weighted by Crippen LogP contribution is -2.18. The number of fused-ring (bicyclic) bond motifs is 1. The van der Waals surface area contributed by atoms with Crippen molar-refractivity contribution in [3.63, 3.8) is 0 Å². The van der Waals surface area contributed by atoms with E-state index in [1.54, 1.807) is 12.1 Å². The third-order valence-electron chi connectivity index (χ3n) is 4.93. The maximum atomic E-state index is 11.7. The second-order valence-corrected chi connectivity index (χ2v) is 8.81. The fraction of sp³-hybridized carbons (Fsp3) is 0.182. The predicted octanol–water partition coefficient (Wildman–Crippen LogP) is 5.11. The third-order valence-corrected chi connectivity index (χ3v) is 6.22. The maximum Gasteiger partial charge on any atom is 0.294 e. The highest BCUT2D eigenvalue weighted by Crippen LogP contribution is 2.41. The van der Waals surface area contributed by atoms with Gasteiger partial charge in [-0.2, -0.15) is 8.42 Å². The zero-order chi connectivity index (χ0) is 19.9. The number of benzene rings is 3. The number of aryl methyl sites for hydroxylation is 1. The summed E-state index contributed by atoms with van der Waals surface area (Å²) in [6, 6.07) is 18.5. The number of halogens is 1. The minimum atomic E-state index is -4.29. The molecule has 4 rings (SSSR count). The summed E-state index contributed by atoms with van der Waals surface area (Å²) in [7, 11) is -4.29. The van der Waals surface area contributed by atoms with Crippen molar-refractivity contribution in [3.8, 4) is 16.9 Å². The molecule has 0 bridgehead atoms. The number of hydrogen-bond donors (Lipinski definition) is 1. The molecule has 3 aromatic rings. The summed E-state index contributed by atoms with van der Waals surface area (Å²) in [4.78, 5) is -0.0658. The second-order valence-electron chi connectivity index (χ2n) is 7.01. The number of rotatable bonds is 4. The molecule has 1 aliphatic heterocycles. The largest absolute Gasteiger partial charge is 0.489 e. The van der Waals surface area contributed by atoms with Crippen molar-refractivity contribution < 1.29 is 17.7 Å². The first-order valence-corrected chi connectivity index (χ1v) is 10.7. The number of ether oxygens (including phenoxy) is 1. The summed E-state index contributed by atoms with van der Waals surface area (Å²) in [5, 5.41) is 0.648. The quantitative estimate of drug-likeness (QED) is 0.602. The van der Waals surface area contributed by atoms with Crippen LogP contribution in [0.3, 0.4) is 0 Å². The maximum absolute atomic E-state index is 11.7. The van der Waals surface area contributed by atoms with E-state index in [-0.39, 0.29) is 11.0 Å². The van der Waals surface area contributed by atoms with Gasteiger partial charge in [0.2, 0.25) is 0 Å². The van der Waals surface area contributed by atoms with E-state index >= 15 is 0 Å². The Balaban J connectivity index is 1.67. The number of hydrogen-bond acceptors (Lipinski definition) is 3. The Morgan fingerprint density at radius 1 is 1.07 bits per heavy atom. The van der Waals surface area contributed by atoms with Crippen molar-refractivity contribution in [2.24, 2.45) is 0 Å². The summed E-state index contributed by atoms with van der Waals surface area (Å²) in [6.45, 7) is 1.89. The van der Waals surface area contributed by atoms with Crippen molar-refractivity contribution in [2.75, 3.05) is 0 Å². The molecule has 0 spiro atoms. The summed E-state index contributed by atoms with van der Waals surface area (Å²) < 4.78 is 39.2. The lowest BCUT2D eigenvalue weighted by Gasteiger charge is -2.15. The standard InChI is InChI=1S/C22H19ClO4S/c1-14-9-10-21(28(24,25)26)16(11-14)13-17-12-15-5-4-7-19(22(15)27-17)18-6-2-3-8-20(18)23/h2-11,17H,12-13H2,1H3,(H,24,25,26). The monoisotopic (exact) mass is 414 g/mol. The third kappa shape index (κ3) is 3.65. The van der Waals surface area contributed by atoms with E-state index in [0.717, 1.165) is 28.0 Å². The Morgan fingerprint density at radius 2 is 1.82 bits per heavy atom. The van der Waals surface area contributed by atoms with Gasteiger partial charge in [-0.05, 0) is 30.2 Å². The van der Waals surface area contributed by atoms with Gasteiger partial charge < -0.3 is 4.74 Å². The van der Waals surface area contributed by atoms with E-state index in [9.17, 15) is 13.0 Å². The van der Waals surface area contributed by atoms with Gasteiger partial charge in [0, 0.05) is 29.0 Å². The van der Waals surface area contributed by atoms with Gasteiger partial charge in [-0.25, -0.2) is 0 Å². The van der Waals surface area contributed by atoms with Crippen LogP contribution in [-0.2, 0) is 23.0 Å². The van der Waals surface area contributed by atoms with Gasteiger partial charge in [0.1, 0.15) is 11.9 Å². The fourth-order valence-corrected chi connectivity index (χ4v) is 4.66. The van der Waals surface area contributed by atoms with Crippen molar-refractivity contribution >= 4 is 21.7 Å². The lowest BCUT2D eigenvalue weighted by molar-refractivity contribution is 0.233. The average Bonchev–Trinajstić information content (AvgIpc) is 3.03. The molecule has 0 fully saturated rings. The summed E-state index contributed by atoms with van der Waals surface area (Å²) in [6.07, 6.45) is 0.820. The van der Waals surface area contributed by atoms with Crippen LogP contribution in [0, 0.1) is 6.92 Å². The van der Waals surface area contributed by atoms with Gasteiger partial charge in [-0.3, -0.25) is 4.55 Å². The molecule has 6 heteroatoms. The van der Waals surface area contributed by atoms with Crippen LogP contribution in [0.2, 0.25) is 5.02 Å². The first-order valence-electron chi connectivity index (χ1n) is 8.93. The Hall–Kier alpha value is -2.34. The smallest absolute Gasteiger partial charge is 0.294 e. The highest BCUT2D eigenvalue weighted by molar-refractivity contribution is 7.85. The molecule has 144 valence electrons. The van der Waals surface area contributed by atoms with Gasteiger partial charge in [-0.15, -0.1) is 0 Å². The molecule has 0 aromatic heterocycles. The van der Waals surface area contributed by atoms with Gasteiger partial charge in [-0.1, -0.05) is 65.7 Å². The highest BCUT2D eigenvalue weighted by atomic mass is 35.5. The Morgan fingerprint density at radius 3 is 2.57 bits per heavy atom. The van der Waals surface area contributed by atoms with Crippen LogP contribution in [0.4, 0.5) is 0 Å². The van der Waals surface area contributed by atoms with Gasteiger partial charge in [0.15, 0.2) is 0 Å². The molecule has 0 saturated carbocycles. The van der Waals surface area contributed by atoms with Crippen LogP contribution >= 0.6 is 11.6 Å². The van der Waals surface area contributed by atoms with Gasteiger partial charge in [0.25, 0.3) is 10.1 Å². The molecule has 0 aliphatic carbocycles. The van der Waals surface area contributed by atoms with E-state index in [0.29, 0.717) is 23.4 Å². The van der Waals surface area contributed by atoms with Crippen molar-refractivity contribution in [3.05, 3.63) is 82.4 Å². The van der Waals surface area contributed by atoms with E-state index in [2.05, 4.69) is 0 Å². The van der Waals surface area contributed by atoms with Crippen LogP contribution in [0.25, 0.3) is 11.1 Å². The Bertz CT molecular complexity index is 1150. The van der Waals surface area contributed by atoms with E-state index in [1.807, 2.05) is 49.4 Å². The topological polar surface area (TPSA) is 63.6 Å². The zero-order valence-corrected chi connectivity index (χ0v) is 16.8. The molecule has 3 aromatic carbocycles. The predicted molar refractivity (Wildman–Crippen MR) is 110 cm³/mol. The molecule has 0 saturated heterocycles. The minimum Gasteiger partial charge on any atom is -0.489 e. The summed E-state index contributed by atoms with van der Waals surface area (Å²) in [5.74, 6) is 0.779. The average molecular weight is 415 g/mol. The van der Waals surface area contributed by atoms with Crippen molar-refractivity contribution in [2.45, 2.75) is 30.8 Å². The lowest BCUT2D eigenvalue weighted by atomic mass is 9.99. The molecule has 1 unspecified atom stereocenters. The molecule has 4 nitrogen and oxygen atoms in total. The zero-order valence-electron chi connectivity index (χ0n) is 15.2. The number of para-hydroxylation sites is 1. The van der Waals surface area contributed by atoms with E-state index in [1.165, 1.54) is 6.07 Å². The molecule has 1 aliphatic rings. The van der Waals surface area contributed by atoms with E-state index in [4.69, 9.17) is 16.3 Å². The van der Waals surface area contributed by atoms with Crippen LogP contribution in [0.1, 0.15) is 16.7 Å². The molecule has 0 radical (unpaired) electrons. The Labute approximate surface area is 169 Å². The van der Waals surface area contributed by atoms with Gasteiger partial charge >= 0.3 is 0 Å². The Kier molecular flexibility index (Phi) is 4.91. The van der Waals surface area contributed by atoms with Crippen LogP contribution in [-0.4, -0.2) is 19.1 Å². The first kappa shape index (κ1) is 19.0. The van der Waals surface area contributed by atoms with Crippen LogP contribution < -0.4 is 4.74 Å². The van der Waals surface area contributed by atoms with Crippen molar-refractivity contribution in [1.82, 2.24) is 0 Å². The molecule has 0 amide bonds. The molecule has 1 heterocycles.